The zero-order valence-corrected chi connectivity index (χ0v) is 11.7. The second kappa shape index (κ2) is 5.60. The fourth-order valence-corrected chi connectivity index (χ4v) is 2.43. The van der Waals surface area contributed by atoms with E-state index >= 15 is 0 Å². The highest BCUT2D eigenvalue weighted by Crippen LogP contribution is 2.28. The molecule has 0 saturated heterocycles. The van der Waals surface area contributed by atoms with E-state index in [4.69, 9.17) is 0 Å². The van der Waals surface area contributed by atoms with Gasteiger partial charge >= 0.3 is 0 Å². The molecule has 0 N–H and O–H groups in total. The number of rotatable bonds is 2. The Morgan fingerprint density at radius 1 is 0.810 bits per heavy atom. The number of aryl methyl sites for hydroxylation is 1. The lowest BCUT2D eigenvalue weighted by molar-refractivity contribution is 1.21. The molecule has 3 rings (SSSR count). The van der Waals surface area contributed by atoms with E-state index in [0.29, 0.717) is 5.56 Å². The minimum Gasteiger partial charge on any atom is -0.252 e. The fraction of sp³-hybridized carbons (Fsp3) is 0.0526. The molecule has 0 spiro atoms. The van der Waals surface area contributed by atoms with E-state index in [1.54, 1.807) is 0 Å². The first kappa shape index (κ1) is 13.1. The minimum absolute atomic E-state index is 0.676. The summed E-state index contributed by atoms with van der Waals surface area (Å²) in [5, 5.41) is 9.23. The van der Waals surface area contributed by atoms with Crippen LogP contribution in [0.25, 0.3) is 22.4 Å². The summed E-state index contributed by atoms with van der Waals surface area (Å²) in [7, 11) is 0. The van der Waals surface area contributed by atoms with Gasteiger partial charge in [-0.3, -0.25) is 4.98 Å². The van der Waals surface area contributed by atoms with Gasteiger partial charge in [0.15, 0.2) is 0 Å². The first-order chi connectivity index (χ1) is 10.3. The molecule has 0 amide bonds. The molecule has 21 heavy (non-hydrogen) atoms. The van der Waals surface area contributed by atoms with Crippen molar-refractivity contribution >= 4 is 0 Å². The normalized spacial score (nSPS) is 10.1. The Hall–Kier alpha value is -2.92. The van der Waals surface area contributed by atoms with Gasteiger partial charge in [0.2, 0.25) is 0 Å². The molecule has 100 valence electrons. The first-order valence-electron chi connectivity index (χ1n) is 6.82. The summed E-state index contributed by atoms with van der Waals surface area (Å²) in [6.07, 6.45) is 0. The van der Waals surface area contributed by atoms with Gasteiger partial charge in [-0.05, 0) is 19.1 Å². The van der Waals surface area contributed by atoms with Gasteiger partial charge < -0.3 is 0 Å². The lowest BCUT2D eigenvalue weighted by atomic mass is 9.98. The van der Waals surface area contributed by atoms with Crippen LogP contribution in [0.4, 0.5) is 0 Å². The van der Waals surface area contributed by atoms with Gasteiger partial charge in [-0.1, -0.05) is 54.6 Å². The maximum atomic E-state index is 9.23. The van der Waals surface area contributed by atoms with Gasteiger partial charge in [0.05, 0.1) is 17.3 Å². The molecule has 0 saturated carbocycles. The molecule has 1 aromatic heterocycles. The van der Waals surface area contributed by atoms with Crippen molar-refractivity contribution in [3.8, 4) is 28.5 Å². The predicted octanol–water partition coefficient (Wildman–Crippen LogP) is 4.60. The largest absolute Gasteiger partial charge is 0.252 e. The third-order valence-corrected chi connectivity index (χ3v) is 3.49. The van der Waals surface area contributed by atoms with E-state index in [-0.39, 0.29) is 0 Å². The first-order valence-corrected chi connectivity index (χ1v) is 6.82. The SMILES string of the molecule is Cc1nc(-c2ccccc2)ccc1-c1ccccc1C#N. The van der Waals surface area contributed by atoms with E-state index in [0.717, 1.165) is 28.1 Å². The molecule has 0 aliphatic carbocycles. The molecule has 2 nitrogen and oxygen atoms in total. The van der Waals surface area contributed by atoms with Crippen LogP contribution in [-0.4, -0.2) is 4.98 Å². The number of benzene rings is 2. The number of pyridine rings is 1. The Morgan fingerprint density at radius 3 is 2.24 bits per heavy atom. The molecule has 0 fully saturated rings. The van der Waals surface area contributed by atoms with Gasteiger partial charge in [-0.2, -0.15) is 5.26 Å². The lowest BCUT2D eigenvalue weighted by Crippen LogP contribution is -1.93. The monoisotopic (exact) mass is 270 g/mol. The molecule has 2 aromatic carbocycles. The van der Waals surface area contributed by atoms with Crippen LogP contribution in [0.1, 0.15) is 11.3 Å². The van der Waals surface area contributed by atoms with Crippen molar-refractivity contribution in [2.45, 2.75) is 6.92 Å². The molecule has 0 unspecified atom stereocenters. The summed E-state index contributed by atoms with van der Waals surface area (Å²) >= 11 is 0. The summed E-state index contributed by atoms with van der Waals surface area (Å²) < 4.78 is 0. The van der Waals surface area contributed by atoms with Crippen LogP contribution in [0.2, 0.25) is 0 Å². The van der Waals surface area contributed by atoms with Crippen LogP contribution >= 0.6 is 0 Å². The predicted molar refractivity (Wildman–Crippen MR) is 84.6 cm³/mol. The molecule has 1 heterocycles. The molecule has 2 heteroatoms. The van der Waals surface area contributed by atoms with Crippen molar-refractivity contribution in [3.63, 3.8) is 0 Å². The van der Waals surface area contributed by atoms with Gasteiger partial charge in [0.1, 0.15) is 0 Å². The fourth-order valence-electron chi connectivity index (χ4n) is 2.43. The van der Waals surface area contributed by atoms with Gasteiger partial charge in [0.25, 0.3) is 0 Å². The Balaban J connectivity index is 2.09. The van der Waals surface area contributed by atoms with Crippen LogP contribution in [0.3, 0.4) is 0 Å². The summed E-state index contributed by atoms with van der Waals surface area (Å²) in [5.41, 5.74) is 5.59. The van der Waals surface area contributed by atoms with Crippen molar-refractivity contribution in [3.05, 3.63) is 78.0 Å². The second-order valence-corrected chi connectivity index (χ2v) is 4.85. The smallest absolute Gasteiger partial charge is 0.0998 e. The van der Waals surface area contributed by atoms with E-state index in [1.165, 1.54) is 0 Å². The Bertz CT molecular complexity index is 814. The van der Waals surface area contributed by atoms with Gasteiger partial charge in [-0.15, -0.1) is 0 Å². The van der Waals surface area contributed by atoms with E-state index in [1.807, 2.05) is 73.7 Å². The molecular formula is C19H14N2. The average molecular weight is 270 g/mol. The molecule has 3 aromatic rings. The Kier molecular flexibility index (Phi) is 3.49. The number of nitriles is 1. The van der Waals surface area contributed by atoms with Crippen molar-refractivity contribution in [2.24, 2.45) is 0 Å². The number of nitrogens with zero attached hydrogens (tertiary/aromatic N) is 2. The van der Waals surface area contributed by atoms with E-state index in [9.17, 15) is 5.26 Å². The van der Waals surface area contributed by atoms with E-state index < -0.39 is 0 Å². The van der Waals surface area contributed by atoms with Crippen molar-refractivity contribution in [2.75, 3.05) is 0 Å². The number of hydrogen-bond donors (Lipinski definition) is 0. The van der Waals surface area contributed by atoms with Crippen LogP contribution in [0.15, 0.2) is 66.7 Å². The molecule has 0 aliphatic heterocycles. The van der Waals surface area contributed by atoms with Crippen LogP contribution < -0.4 is 0 Å². The quantitative estimate of drug-likeness (QED) is 0.682. The summed E-state index contributed by atoms with van der Waals surface area (Å²) in [6, 6.07) is 24.0. The zero-order chi connectivity index (χ0) is 14.7. The minimum atomic E-state index is 0.676. The molecule has 0 atom stereocenters. The molecule has 0 bridgehead atoms. The van der Waals surface area contributed by atoms with Gasteiger partial charge in [-0.25, -0.2) is 0 Å². The van der Waals surface area contributed by atoms with Crippen molar-refractivity contribution < 1.29 is 0 Å². The Labute approximate surface area is 124 Å². The third kappa shape index (κ3) is 2.54. The van der Waals surface area contributed by atoms with E-state index in [2.05, 4.69) is 11.1 Å². The summed E-state index contributed by atoms with van der Waals surface area (Å²) in [6.45, 7) is 1.98. The van der Waals surface area contributed by atoms with Crippen molar-refractivity contribution in [1.29, 1.82) is 5.26 Å². The molecular weight excluding hydrogens is 256 g/mol. The second-order valence-electron chi connectivity index (χ2n) is 4.85. The van der Waals surface area contributed by atoms with Crippen LogP contribution in [0, 0.1) is 18.3 Å². The topological polar surface area (TPSA) is 36.7 Å². The molecule has 0 radical (unpaired) electrons. The molecule has 0 aliphatic rings. The zero-order valence-electron chi connectivity index (χ0n) is 11.7. The highest BCUT2D eigenvalue weighted by atomic mass is 14.7. The number of aromatic nitrogens is 1. The summed E-state index contributed by atoms with van der Waals surface area (Å²) in [4.78, 5) is 4.69. The lowest BCUT2D eigenvalue weighted by Gasteiger charge is -2.09. The highest BCUT2D eigenvalue weighted by Gasteiger charge is 2.09. The maximum absolute atomic E-state index is 9.23. The van der Waals surface area contributed by atoms with Crippen molar-refractivity contribution in [1.82, 2.24) is 4.98 Å². The van der Waals surface area contributed by atoms with Crippen LogP contribution in [-0.2, 0) is 0 Å². The maximum Gasteiger partial charge on any atom is 0.0998 e. The van der Waals surface area contributed by atoms with Crippen LogP contribution in [0.5, 0.6) is 0 Å². The standard InChI is InChI=1S/C19H14N2/c1-14-17(18-10-6-5-9-16(18)13-20)11-12-19(21-14)15-7-3-2-4-8-15/h2-12H,1H3. The highest BCUT2D eigenvalue weighted by molar-refractivity contribution is 5.74. The third-order valence-electron chi connectivity index (χ3n) is 3.49. The summed E-state index contributed by atoms with van der Waals surface area (Å²) in [5.74, 6) is 0. The Morgan fingerprint density at radius 2 is 1.52 bits per heavy atom. The number of hydrogen-bond acceptors (Lipinski definition) is 2. The average Bonchev–Trinajstić information content (AvgIpc) is 2.55. The van der Waals surface area contributed by atoms with Gasteiger partial charge in [0, 0.05) is 22.4 Å².